The first kappa shape index (κ1) is 22.6. The van der Waals surface area contributed by atoms with Crippen molar-refractivity contribution < 1.29 is 9.84 Å². The Kier molecular flexibility index (Phi) is 9.20. The van der Waals surface area contributed by atoms with Crippen LogP contribution in [0.3, 0.4) is 0 Å². The minimum Gasteiger partial charge on any atom is -0.396 e. The van der Waals surface area contributed by atoms with Gasteiger partial charge in [-0.3, -0.25) is 0 Å². The number of halogens is 1. The van der Waals surface area contributed by atoms with Crippen molar-refractivity contribution in [1.82, 2.24) is 20.4 Å². The van der Waals surface area contributed by atoms with Crippen LogP contribution < -0.4 is 10.6 Å². The highest BCUT2D eigenvalue weighted by molar-refractivity contribution is 14.0. The molecule has 3 rings (SSSR count). The summed E-state index contributed by atoms with van der Waals surface area (Å²) >= 11 is 0. The van der Waals surface area contributed by atoms with E-state index in [0.717, 1.165) is 49.7 Å². The number of hydrogen-bond donors (Lipinski definition) is 3. The first-order chi connectivity index (χ1) is 13.3. The number of hydrogen-bond acceptors (Lipinski definition) is 4. The molecular weight excluding hydrogens is 469 g/mol. The number of guanidine groups is 1. The van der Waals surface area contributed by atoms with E-state index in [1.807, 2.05) is 35.1 Å². The van der Waals surface area contributed by atoms with E-state index >= 15 is 0 Å². The van der Waals surface area contributed by atoms with Crippen LogP contribution in [-0.2, 0) is 11.3 Å². The van der Waals surface area contributed by atoms with Crippen LogP contribution in [0.15, 0.2) is 47.7 Å². The second kappa shape index (κ2) is 11.4. The minimum atomic E-state index is -0.0160. The third-order valence-electron chi connectivity index (χ3n) is 4.95. The van der Waals surface area contributed by atoms with Gasteiger partial charge in [-0.1, -0.05) is 18.2 Å². The third kappa shape index (κ3) is 5.92. The Morgan fingerprint density at radius 1 is 1.32 bits per heavy atom. The van der Waals surface area contributed by atoms with Crippen LogP contribution in [0.1, 0.15) is 25.3 Å². The van der Waals surface area contributed by atoms with Crippen molar-refractivity contribution in [1.29, 1.82) is 0 Å². The van der Waals surface area contributed by atoms with Gasteiger partial charge in [0.05, 0.1) is 18.8 Å². The number of nitrogens with zero attached hydrogens (tertiary/aromatic N) is 3. The Labute approximate surface area is 183 Å². The summed E-state index contributed by atoms with van der Waals surface area (Å²) in [6.07, 6.45) is 5.41. The van der Waals surface area contributed by atoms with Crippen LogP contribution in [0.5, 0.6) is 0 Å². The first-order valence-corrected chi connectivity index (χ1v) is 9.55. The van der Waals surface area contributed by atoms with Gasteiger partial charge in [-0.05, 0) is 37.5 Å². The maximum absolute atomic E-state index is 9.40. The molecule has 1 fully saturated rings. The Bertz CT molecular complexity index is 730. The van der Waals surface area contributed by atoms with E-state index in [1.165, 1.54) is 0 Å². The van der Waals surface area contributed by atoms with Gasteiger partial charge in [0.1, 0.15) is 0 Å². The average molecular weight is 499 g/mol. The highest BCUT2D eigenvalue weighted by atomic mass is 127. The lowest BCUT2D eigenvalue weighted by Crippen LogP contribution is -2.44. The zero-order valence-corrected chi connectivity index (χ0v) is 18.6. The van der Waals surface area contributed by atoms with E-state index in [-0.39, 0.29) is 36.0 Å². The average Bonchev–Trinajstić information content (AvgIpc) is 3.37. The topological polar surface area (TPSA) is 83.7 Å². The summed E-state index contributed by atoms with van der Waals surface area (Å²) in [6.45, 7) is 5.74. The fourth-order valence-corrected chi connectivity index (χ4v) is 3.37. The quantitative estimate of drug-likeness (QED) is 0.295. The summed E-state index contributed by atoms with van der Waals surface area (Å²) in [4.78, 5) is 4.76. The predicted octanol–water partition coefficient (Wildman–Crippen LogP) is 2.33. The number of aliphatic imine (C=N–C) groups is 1. The van der Waals surface area contributed by atoms with Crippen molar-refractivity contribution in [2.24, 2.45) is 10.4 Å². The molecule has 7 nitrogen and oxygen atoms in total. The maximum Gasteiger partial charge on any atom is 0.191 e. The Balaban J connectivity index is 0.00000280. The zero-order valence-electron chi connectivity index (χ0n) is 16.3. The van der Waals surface area contributed by atoms with Crippen molar-refractivity contribution in [2.45, 2.75) is 26.3 Å². The molecular formula is C20H30IN5O2. The second-order valence-corrected chi connectivity index (χ2v) is 6.90. The van der Waals surface area contributed by atoms with Crippen molar-refractivity contribution in [3.8, 4) is 5.69 Å². The van der Waals surface area contributed by atoms with Gasteiger partial charge in [-0.15, -0.1) is 24.0 Å². The van der Waals surface area contributed by atoms with Gasteiger partial charge in [0.15, 0.2) is 5.96 Å². The molecule has 0 spiro atoms. The van der Waals surface area contributed by atoms with Gasteiger partial charge >= 0.3 is 0 Å². The zero-order chi connectivity index (χ0) is 19.0. The number of nitrogens with one attached hydrogen (secondary N) is 2. The third-order valence-corrected chi connectivity index (χ3v) is 4.95. The smallest absolute Gasteiger partial charge is 0.191 e. The van der Waals surface area contributed by atoms with E-state index in [0.29, 0.717) is 13.2 Å². The SMILES string of the molecule is CCNC(=NCc1ccccc1-n1cccn1)NCC1(CCO)CCOC1.I. The van der Waals surface area contributed by atoms with Gasteiger partial charge in [-0.25, -0.2) is 9.67 Å². The molecule has 1 aliphatic heterocycles. The number of aliphatic hydroxyl groups excluding tert-OH is 1. The maximum atomic E-state index is 9.40. The second-order valence-electron chi connectivity index (χ2n) is 6.90. The van der Waals surface area contributed by atoms with Gasteiger partial charge in [0, 0.05) is 44.1 Å². The molecule has 0 saturated carbocycles. The standard InChI is InChI=1S/C20H29N5O2.HI/c1-2-21-19(23-15-20(8-12-26)9-13-27-16-20)22-14-17-6-3-4-7-18(17)25-11-5-10-24-25;/h3-7,10-11,26H,2,8-9,12-16H2,1H3,(H2,21,22,23);1H. The van der Waals surface area contributed by atoms with Crippen LogP contribution in [0, 0.1) is 5.41 Å². The fraction of sp³-hybridized carbons (Fsp3) is 0.500. The monoisotopic (exact) mass is 499 g/mol. The molecule has 0 bridgehead atoms. The van der Waals surface area contributed by atoms with E-state index in [4.69, 9.17) is 9.73 Å². The first-order valence-electron chi connectivity index (χ1n) is 9.55. The molecule has 1 unspecified atom stereocenters. The molecule has 2 heterocycles. The highest BCUT2D eigenvalue weighted by Gasteiger charge is 2.34. The summed E-state index contributed by atoms with van der Waals surface area (Å²) in [5, 5.41) is 20.5. The molecule has 1 aromatic carbocycles. The van der Waals surface area contributed by atoms with Gasteiger partial charge in [-0.2, -0.15) is 5.10 Å². The molecule has 154 valence electrons. The number of benzene rings is 1. The number of aliphatic hydroxyl groups is 1. The molecule has 8 heteroatoms. The summed E-state index contributed by atoms with van der Waals surface area (Å²) in [6, 6.07) is 10.1. The summed E-state index contributed by atoms with van der Waals surface area (Å²) in [5.41, 5.74) is 2.12. The number of para-hydroxylation sites is 1. The molecule has 28 heavy (non-hydrogen) atoms. The summed E-state index contributed by atoms with van der Waals surface area (Å²) in [5.74, 6) is 0.775. The van der Waals surface area contributed by atoms with Crippen molar-refractivity contribution in [3.05, 3.63) is 48.3 Å². The summed E-state index contributed by atoms with van der Waals surface area (Å²) < 4.78 is 7.43. The fourth-order valence-electron chi connectivity index (χ4n) is 3.37. The lowest BCUT2D eigenvalue weighted by Gasteiger charge is -2.27. The number of rotatable bonds is 8. The molecule has 0 amide bonds. The van der Waals surface area contributed by atoms with E-state index in [9.17, 15) is 5.11 Å². The normalized spacial score (nSPS) is 19.3. The summed E-state index contributed by atoms with van der Waals surface area (Å²) in [7, 11) is 0. The molecule has 1 aromatic heterocycles. The van der Waals surface area contributed by atoms with E-state index in [1.54, 1.807) is 6.20 Å². The van der Waals surface area contributed by atoms with Gasteiger partial charge < -0.3 is 20.5 Å². The molecule has 1 saturated heterocycles. The Morgan fingerprint density at radius 3 is 2.86 bits per heavy atom. The largest absolute Gasteiger partial charge is 0.396 e. The van der Waals surface area contributed by atoms with Crippen LogP contribution >= 0.6 is 24.0 Å². The molecule has 1 atom stereocenters. The Morgan fingerprint density at radius 2 is 2.18 bits per heavy atom. The molecule has 0 aliphatic carbocycles. The van der Waals surface area contributed by atoms with Crippen LogP contribution in [-0.4, -0.2) is 53.8 Å². The lowest BCUT2D eigenvalue weighted by atomic mass is 9.84. The predicted molar refractivity (Wildman–Crippen MR) is 121 cm³/mol. The molecule has 2 aromatic rings. The van der Waals surface area contributed by atoms with Gasteiger partial charge in [0.2, 0.25) is 0 Å². The highest BCUT2D eigenvalue weighted by Crippen LogP contribution is 2.31. The number of aromatic nitrogens is 2. The van der Waals surface area contributed by atoms with Crippen molar-refractivity contribution in [3.63, 3.8) is 0 Å². The molecule has 3 N–H and O–H groups in total. The van der Waals surface area contributed by atoms with Crippen LogP contribution in [0.4, 0.5) is 0 Å². The minimum absolute atomic E-state index is 0. The van der Waals surface area contributed by atoms with Crippen molar-refractivity contribution in [2.75, 3.05) is 32.9 Å². The van der Waals surface area contributed by atoms with Crippen molar-refractivity contribution >= 4 is 29.9 Å². The van der Waals surface area contributed by atoms with Crippen LogP contribution in [0.2, 0.25) is 0 Å². The Hall–Kier alpha value is -1.65. The lowest BCUT2D eigenvalue weighted by molar-refractivity contribution is 0.127. The van der Waals surface area contributed by atoms with E-state index in [2.05, 4.69) is 28.7 Å². The molecule has 0 radical (unpaired) electrons. The van der Waals surface area contributed by atoms with Crippen LogP contribution in [0.25, 0.3) is 5.69 Å². The van der Waals surface area contributed by atoms with Gasteiger partial charge in [0.25, 0.3) is 0 Å². The molecule has 1 aliphatic rings. The van der Waals surface area contributed by atoms with E-state index < -0.39 is 0 Å². The number of ether oxygens (including phenoxy) is 1.